The second-order valence-corrected chi connectivity index (χ2v) is 10.5. The predicted octanol–water partition coefficient (Wildman–Crippen LogP) is 3.34. The highest BCUT2D eigenvalue weighted by Crippen LogP contribution is 2.44. The van der Waals surface area contributed by atoms with E-state index in [1.807, 2.05) is 0 Å². The quantitative estimate of drug-likeness (QED) is 0.342. The van der Waals surface area contributed by atoms with Crippen molar-refractivity contribution in [3.63, 3.8) is 0 Å². The molecule has 14 heteroatoms. The number of methoxy groups -OCH3 is 2. The number of esters is 1. The molecule has 1 saturated heterocycles. The third-order valence-corrected chi connectivity index (χ3v) is 4.94. The topological polar surface area (TPSA) is 146 Å². The van der Waals surface area contributed by atoms with E-state index in [1.54, 1.807) is 20.8 Å². The van der Waals surface area contributed by atoms with Gasteiger partial charge in [0.2, 0.25) is 5.91 Å². The molecule has 37 heavy (non-hydrogen) atoms. The van der Waals surface area contributed by atoms with E-state index in [9.17, 15) is 28.0 Å². The molecule has 1 aliphatic heterocycles. The molecule has 3 amide bonds. The van der Waals surface area contributed by atoms with Gasteiger partial charge in [-0.2, -0.15) is 0 Å². The van der Waals surface area contributed by atoms with Crippen LogP contribution in [0.4, 0.5) is 24.2 Å². The monoisotopic (exact) mass is 530 g/mol. The van der Waals surface area contributed by atoms with Crippen LogP contribution in [0.2, 0.25) is 0 Å². The van der Waals surface area contributed by atoms with Gasteiger partial charge in [0.05, 0.1) is 20.8 Å². The maximum Gasteiger partial charge on any atom is 0.417 e. The van der Waals surface area contributed by atoms with Crippen molar-refractivity contribution in [3.05, 3.63) is 11.8 Å². The minimum Gasteiger partial charge on any atom is -0.495 e. The number of nitrogens with one attached hydrogen (secondary N) is 1. The predicted molar refractivity (Wildman–Crippen MR) is 124 cm³/mol. The first kappa shape index (κ1) is 29.6. The first-order valence-corrected chi connectivity index (χ1v) is 11.2. The average molecular weight is 531 g/mol. The van der Waals surface area contributed by atoms with Crippen LogP contribution < -0.4 is 10.1 Å². The smallest absolute Gasteiger partial charge is 0.417 e. The fourth-order valence-corrected chi connectivity index (χ4v) is 3.62. The number of carbonyl (C=O) groups is 4. The second kappa shape index (κ2) is 10.4. The van der Waals surface area contributed by atoms with Crippen molar-refractivity contribution in [1.82, 2.24) is 15.1 Å². The van der Waals surface area contributed by atoms with Crippen molar-refractivity contribution < 1.29 is 46.9 Å². The van der Waals surface area contributed by atoms with Crippen molar-refractivity contribution in [2.45, 2.75) is 71.5 Å². The van der Waals surface area contributed by atoms with Crippen LogP contribution in [0, 0.1) is 5.41 Å². The van der Waals surface area contributed by atoms with Gasteiger partial charge in [-0.3, -0.25) is 14.9 Å². The standard InChI is InChI=1S/C23H32F2N4O8/c1-20(2,3)36-18(32)26-15-9-14(34-7)13(27-28-15)10-22(17(31)35-8)11-23(24,25)12-29(16(22)30)19(33)37-21(4,5)6/h9H,10-12H2,1-8H3,(H,26,28,32). The molecule has 1 N–H and O–H groups in total. The molecule has 1 aliphatic rings. The Morgan fingerprint density at radius 2 is 1.65 bits per heavy atom. The molecule has 1 fully saturated rings. The number of amides is 3. The number of hydrogen-bond donors (Lipinski definition) is 1. The molecule has 0 aliphatic carbocycles. The second-order valence-electron chi connectivity index (χ2n) is 10.5. The van der Waals surface area contributed by atoms with Gasteiger partial charge < -0.3 is 18.9 Å². The maximum absolute atomic E-state index is 14.9. The Balaban J connectivity index is 2.48. The van der Waals surface area contributed by atoms with E-state index in [-0.39, 0.29) is 22.2 Å². The Morgan fingerprint density at radius 1 is 1.05 bits per heavy atom. The third kappa shape index (κ3) is 7.46. The molecule has 1 aromatic rings. The molecule has 1 unspecified atom stereocenters. The normalized spacial score (nSPS) is 19.6. The summed E-state index contributed by atoms with van der Waals surface area (Å²) in [5.74, 6) is -6.37. The number of nitrogens with zero attached hydrogens (tertiary/aromatic N) is 3. The van der Waals surface area contributed by atoms with Crippen molar-refractivity contribution in [2.24, 2.45) is 5.41 Å². The molecule has 2 heterocycles. The van der Waals surface area contributed by atoms with Gasteiger partial charge in [-0.15, -0.1) is 10.2 Å². The van der Waals surface area contributed by atoms with Crippen LogP contribution >= 0.6 is 0 Å². The number of carbonyl (C=O) groups excluding carboxylic acids is 4. The number of ether oxygens (including phenoxy) is 4. The van der Waals surface area contributed by atoms with E-state index < -0.39 is 66.0 Å². The number of rotatable bonds is 5. The summed E-state index contributed by atoms with van der Waals surface area (Å²) in [5.41, 5.74) is -4.60. The fourth-order valence-electron chi connectivity index (χ4n) is 3.62. The Hall–Kier alpha value is -3.58. The first-order valence-electron chi connectivity index (χ1n) is 11.2. The van der Waals surface area contributed by atoms with Crippen LogP contribution in [-0.4, -0.2) is 77.0 Å². The Bertz CT molecular complexity index is 1070. The zero-order valence-corrected chi connectivity index (χ0v) is 22.1. The lowest BCUT2D eigenvalue weighted by Crippen LogP contribution is -2.62. The van der Waals surface area contributed by atoms with E-state index in [0.29, 0.717) is 0 Å². The van der Waals surface area contributed by atoms with Gasteiger partial charge >= 0.3 is 18.2 Å². The summed E-state index contributed by atoms with van der Waals surface area (Å²) < 4.78 is 50.0. The van der Waals surface area contributed by atoms with Crippen LogP contribution in [0.15, 0.2) is 6.07 Å². The molecule has 12 nitrogen and oxygen atoms in total. The van der Waals surface area contributed by atoms with Crippen LogP contribution in [0.5, 0.6) is 5.75 Å². The summed E-state index contributed by atoms with van der Waals surface area (Å²) in [7, 11) is 2.16. The highest BCUT2D eigenvalue weighted by molar-refractivity contribution is 6.08. The number of likely N-dealkylation sites (tertiary alicyclic amines) is 1. The molecule has 0 spiro atoms. The lowest BCUT2D eigenvalue weighted by atomic mass is 9.73. The molecular formula is C23H32F2N4O8. The highest BCUT2D eigenvalue weighted by Gasteiger charge is 2.62. The van der Waals surface area contributed by atoms with Crippen LogP contribution in [0.1, 0.15) is 53.7 Å². The summed E-state index contributed by atoms with van der Waals surface area (Å²) in [4.78, 5) is 51.2. The van der Waals surface area contributed by atoms with Crippen molar-refractivity contribution in [3.8, 4) is 5.75 Å². The number of anilines is 1. The van der Waals surface area contributed by atoms with Gasteiger partial charge in [-0.1, -0.05) is 0 Å². The summed E-state index contributed by atoms with van der Waals surface area (Å²) in [6.07, 6.45) is -4.16. The van der Waals surface area contributed by atoms with Gasteiger partial charge in [0.25, 0.3) is 5.92 Å². The van der Waals surface area contributed by atoms with Gasteiger partial charge in [0, 0.05) is 18.9 Å². The minimum absolute atomic E-state index is 0.0742. The molecule has 0 bridgehead atoms. The number of hydrogen-bond acceptors (Lipinski definition) is 10. The molecule has 206 valence electrons. The molecule has 0 radical (unpaired) electrons. The SMILES string of the molecule is COC(=O)C1(Cc2nnc(NC(=O)OC(C)(C)C)cc2OC)CC(F)(F)CN(C(=O)OC(C)(C)C)C1=O. The van der Waals surface area contributed by atoms with E-state index in [1.165, 1.54) is 33.9 Å². The maximum atomic E-state index is 14.9. The summed E-state index contributed by atoms with van der Waals surface area (Å²) in [6, 6.07) is 1.22. The number of alkyl halides is 2. The molecular weight excluding hydrogens is 498 g/mol. The van der Waals surface area contributed by atoms with Crippen LogP contribution in [-0.2, 0) is 30.2 Å². The summed E-state index contributed by atoms with van der Waals surface area (Å²) in [6.45, 7) is 8.19. The molecule has 1 atom stereocenters. The van der Waals surface area contributed by atoms with Crippen molar-refractivity contribution >= 4 is 29.9 Å². The number of aromatic nitrogens is 2. The molecule has 1 aromatic heterocycles. The van der Waals surface area contributed by atoms with Gasteiger partial charge in [-0.05, 0) is 41.5 Å². The summed E-state index contributed by atoms with van der Waals surface area (Å²) >= 11 is 0. The lowest BCUT2D eigenvalue weighted by Gasteiger charge is -2.42. The number of halogens is 2. The molecule has 2 rings (SSSR count). The van der Waals surface area contributed by atoms with Crippen LogP contribution in [0.3, 0.4) is 0 Å². The van der Waals surface area contributed by atoms with E-state index in [2.05, 4.69) is 15.5 Å². The lowest BCUT2D eigenvalue weighted by molar-refractivity contribution is -0.182. The van der Waals surface area contributed by atoms with E-state index >= 15 is 0 Å². The Labute approximate surface area is 213 Å². The Kier molecular flexibility index (Phi) is 8.35. The van der Waals surface area contributed by atoms with E-state index in [4.69, 9.17) is 18.9 Å². The van der Waals surface area contributed by atoms with Crippen molar-refractivity contribution in [1.29, 1.82) is 0 Å². The molecule has 0 aromatic carbocycles. The third-order valence-electron chi connectivity index (χ3n) is 4.94. The highest BCUT2D eigenvalue weighted by atomic mass is 19.3. The summed E-state index contributed by atoms with van der Waals surface area (Å²) in [5, 5.41) is 10.0. The minimum atomic E-state index is -3.65. The molecule has 0 saturated carbocycles. The van der Waals surface area contributed by atoms with E-state index in [0.717, 1.165) is 7.11 Å². The Morgan fingerprint density at radius 3 is 2.16 bits per heavy atom. The average Bonchev–Trinajstić information content (AvgIpc) is 2.73. The zero-order valence-electron chi connectivity index (χ0n) is 22.1. The van der Waals surface area contributed by atoms with Crippen LogP contribution in [0.25, 0.3) is 0 Å². The van der Waals surface area contributed by atoms with Gasteiger partial charge in [-0.25, -0.2) is 23.3 Å². The van der Waals surface area contributed by atoms with Gasteiger partial charge in [0.1, 0.15) is 22.6 Å². The van der Waals surface area contributed by atoms with Gasteiger partial charge in [0.15, 0.2) is 11.2 Å². The first-order chi connectivity index (χ1) is 16.8. The largest absolute Gasteiger partial charge is 0.495 e. The fraction of sp³-hybridized carbons (Fsp3) is 0.652. The van der Waals surface area contributed by atoms with Crippen molar-refractivity contribution in [2.75, 3.05) is 26.1 Å². The zero-order chi connectivity index (χ0) is 28.4. The number of imide groups is 1. The number of piperidine rings is 1.